The van der Waals surface area contributed by atoms with Gasteiger partial charge in [-0.15, -0.1) is 0 Å². The zero-order valence-electron chi connectivity index (χ0n) is 14.6. The molecule has 2 saturated heterocycles. The molecule has 2 unspecified atom stereocenters. The maximum absolute atomic E-state index is 13.1. The van der Waals surface area contributed by atoms with Gasteiger partial charge in [-0.05, 0) is 37.7 Å². The van der Waals surface area contributed by atoms with Crippen molar-refractivity contribution in [1.82, 2.24) is 4.90 Å². The molecule has 0 aromatic heterocycles. The third-order valence-electron chi connectivity index (χ3n) is 5.32. The minimum Gasteiger partial charge on any atom is -0.391 e. The number of non-ortho nitro benzene ring substituents is 1. The molecule has 3 rings (SSSR count). The van der Waals surface area contributed by atoms with E-state index in [0.29, 0.717) is 12.1 Å². The number of β-amino-alcohol motifs (C(OH)–C–C–N with tert-alkyl or cyclic N) is 1. The van der Waals surface area contributed by atoms with Crippen LogP contribution in [0.1, 0.15) is 43.0 Å². The predicted octanol–water partition coefficient (Wildman–Crippen LogP) is 2.43. The largest absolute Gasteiger partial charge is 0.391 e. The van der Waals surface area contributed by atoms with Gasteiger partial charge in [0.2, 0.25) is 0 Å². The molecule has 1 N–H and O–H groups in total. The van der Waals surface area contributed by atoms with Crippen molar-refractivity contribution in [2.45, 2.75) is 38.7 Å². The normalized spacial score (nSPS) is 24.2. The quantitative estimate of drug-likeness (QED) is 0.670. The number of nitro benzene ring substituents is 1. The van der Waals surface area contributed by atoms with E-state index in [2.05, 4.69) is 4.90 Å². The minimum absolute atomic E-state index is 0.0740. The lowest BCUT2D eigenvalue weighted by atomic mass is 9.95. The maximum Gasteiger partial charge on any atom is 0.270 e. The number of carbonyl (C=O) groups excluding carboxylic acids is 1. The molecule has 2 aliphatic rings. The Morgan fingerprint density at radius 3 is 2.60 bits per heavy atom. The molecule has 1 aromatic carbocycles. The second-order valence-electron chi connectivity index (χ2n) is 7.09. The van der Waals surface area contributed by atoms with Crippen molar-refractivity contribution in [3.63, 3.8) is 0 Å². The molecule has 0 spiro atoms. The fraction of sp³-hybridized carbons (Fsp3) is 0.611. The number of anilines is 1. The predicted molar refractivity (Wildman–Crippen MR) is 94.9 cm³/mol. The summed E-state index contributed by atoms with van der Waals surface area (Å²) in [5, 5.41) is 21.3. The number of nitro groups is 1. The van der Waals surface area contributed by atoms with E-state index in [-0.39, 0.29) is 24.1 Å². The van der Waals surface area contributed by atoms with Crippen molar-refractivity contribution < 1.29 is 14.8 Å². The maximum atomic E-state index is 13.1. The first-order valence-electron chi connectivity index (χ1n) is 8.98. The number of aliphatic hydroxyl groups is 1. The van der Waals surface area contributed by atoms with E-state index in [1.54, 1.807) is 11.0 Å². The van der Waals surface area contributed by atoms with E-state index in [9.17, 15) is 20.0 Å². The number of hydrogen-bond acceptors (Lipinski definition) is 5. The van der Waals surface area contributed by atoms with Crippen LogP contribution in [0.15, 0.2) is 18.2 Å². The number of piperidine rings is 2. The van der Waals surface area contributed by atoms with Gasteiger partial charge in [-0.1, -0.05) is 6.92 Å². The Bertz CT molecular complexity index is 658. The average Bonchev–Trinajstić information content (AvgIpc) is 2.63. The average molecular weight is 347 g/mol. The second kappa shape index (κ2) is 7.39. The summed E-state index contributed by atoms with van der Waals surface area (Å²) >= 11 is 0. The third-order valence-corrected chi connectivity index (χ3v) is 5.32. The van der Waals surface area contributed by atoms with Crippen LogP contribution in [0.4, 0.5) is 11.4 Å². The van der Waals surface area contributed by atoms with Crippen LogP contribution in [-0.4, -0.2) is 53.1 Å². The minimum atomic E-state index is -0.546. The number of rotatable bonds is 3. The highest BCUT2D eigenvalue weighted by atomic mass is 16.6. The Hall–Kier alpha value is -2.15. The lowest BCUT2D eigenvalue weighted by Gasteiger charge is -2.36. The molecule has 2 aliphatic heterocycles. The van der Waals surface area contributed by atoms with Gasteiger partial charge >= 0.3 is 0 Å². The first-order valence-corrected chi connectivity index (χ1v) is 8.98. The van der Waals surface area contributed by atoms with Crippen molar-refractivity contribution >= 4 is 17.3 Å². The number of aliphatic hydroxyl groups excluding tert-OH is 1. The first-order chi connectivity index (χ1) is 12.0. The van der Waals surface area contributed by atoms with Crippen LogP contribution in [0.5, 0.6) is 0 Å². The molecule has 2 heterocycles. The summed E-state index contributed by atoms with van der Waals surface area (Å²) in [5.74, 6) is -0.0639. The van der Waals surface area contributed by atoms with E-state index in [1.165, 1.54) is 18.6 Å². The van der Waals surface area contributed by atoms with Gasteiger partial charge < -0.3 is 14.9 Å². The molecule has 0 radical (unpaired) electrons. The molecule has 1 amide bonds. The SMILES string of the molecule is CC1CCN(C(=O)c2cc([N+](=O)[O-])ccc2N2CCCCC2)CC1O. The van der Waals surface area contributed by atoms with E-state index in [1.807, 2.05) is 6.92 Å². The van der Waals surface area contributed by atoms with Crippen molar-refractivity contribution in [2.24, 2.45) is 5.92 Å². The van der Waals surface area contributed by atoms with E-state index in [4.69, 9.17) is 0 Å². The first kappa shape index (κ1) is 17.7. The number of benzene rings is 1. The molecular formula is C18H25N3O4. The van der Waals surface area contributed by atoms with Crippen LogP contribution in [0.2, 0.25) is 0 Å². The summed E-state index contributed by atoms with van der Waals surface area (Å²) in [5.41, 5.74) is 1.07. The van der Waals surface area contributed by atoms with Crippen LogP contribution in [0.3, 0.4) is 0 Å². The fourth-order valence-electron chi connectivity index (χ4n) is 3.62. The Morgan fingerprint density at radius 2 is 1.96 bits per heavy atom. The van der Waals surface area contributed by atoms with Crippen molar-refractivity contribution in [2.75, 3.05) is 31.1 Å². The summed E-state index contributed by atoms with van der Waals surface area (Å²) < 4.78 is 0. The number of carbonyl (C=O) groups is 1. The molecule has 0 bridgehead atoms. The van der Waals surface area contributed by atoms with Crippen LogP contribution in [-0.2, 0) is 0 Å². The molecule has 136 valence electrons. The van der Waals surface area contributed by atoms with E-state index >= 15 is 0 Å². The van der Waals surface area contributed by atoms with Crippen LogP contribution < -0.4 is 4.90 Å². The summed E-state index contributed by atoms with van der Waals surface area (Å²) in [7, 11) is 0. The molecule has 0 saturated carbocycles. The van der Waals surface area contributed by atoms with E-state index in [0.717, 1.165) is 38.0 Å². The smallest absolute Gasteiger partial charge is 0.270 e. The summed E-state index contributed by atoms with van der Waals surface area (Å²) in [4.78, 5) is 27.5. The Kier molecular flexibility index (Phi) is 5.22. The van der Waals surface area contributed by atoms with Gasteiger partial charge in [0, 0.05) is 38.3 Å². The molecule has 2 atom stereocenters. The van der Waals surface area contributed by atoms with Gasteiger partial charge in [0.15, 0.2) is 0 Å². The summed E-state index contributed by atoms with van der Waals surface area (Å²) in [6, 6.07) is 4.55. The molecular weight excluding hydrogens is 322 g/mol. The zero-order chi connectivity index (χ0) is 18.0. The monoisotopic (exact) mass is 347 g/mol. The van der Waals surface area contributed by atoms with Crippen molar-refractivity contribution in [3.8, 4) is 0 Å². The lowest BCUT2D eigenvalue weighted by molar-refractivity contribution is -0.384. The number of amides is 1. The molecule has 7 nitrogen and oxygen atoms in total. The van der Waals surface area contributed by atoms with Crippen LogP contribution in [0.25, 0.3) is 0 Å². The molecule has 25 heavy (non-hydrogen) atoms. The molecule has 2 fully saturated rings. The molecule has 7 heteroatoms. The Labute approximate surface area is 147 Å². The standard InChI is InChI=1S/C18H25N3O4/c1-13-7-10-20(12-17(13)22)18(23)15-11-14(21(24)25)5-6-16(15)19-8-3-2-4-9-19/h5-6,11,13,17,22H,2-4,7-10,12H2,1H3. The number of hydrogen-bond donors (Lipinski definition) is 1. The van der Waals surface area contributed by atoms with E-state index < -0.39 is 11.0 Å². The summed E-state index contributed by atoms with van der Waals surface area (Å²) in [6.07, 6.45) is 3.48. The zero-order valence-corrected chi connectivity index (χ0v) is 14.6. The van der Waals surface area contributed by atoms with Gasteiger partial charge in [-0.3, -0.25) is 14.9 Å². The molecule has 0 aliphatic carbocycles. The highest BCUT2D eigenvalue weighted by molar-refractivity contribution is 6.00. The van der Waals surface area contributed by atoms with Gasteiger partial charge in [0.25, 0.3) is 11.6 Å². The Morgan fingerprint density at radius 1 is 1.24 bits per heavy atom. The van der Waals surface area contributed by atoms with Crippen LogP contribution in [0, 0.1) is 16.0 Å². The number of likely N-dealkylation sites (tertiary alicyclic amines) is 1. The second-order valence-corrected chi connectivity index (χ2v) is 7.09. The fourth-order valence-corrected chi connectivity index (χ4v) is 3.62. The van der Waals surface area contributed by atoms with Gasteiger partial charge in [0.05, 0.1) is 22.3 Å². The molecule has 1 aromatic rings. The Balaban J connectivity index is 1.92. The van der Waals surface area contributed by atoms with Gasteiger partial charge in [-0.2, -0.15) is 0 Å². The van der Waals surface area contributed by atoms with Crippen LogP contribution >= 0.6 is 0 Å². The lowest BCUT2D eigenvalue weighted by Crippen LogP contribution is -2.46. The highest BCUT2D eigenvalue weighted by Gasteiger charge is 2.30. The van der Waals surface area contributed by atoms with Gasteiger partial charge in [0.1, 0.15) is 0 Å². The highest BCUT2D eigenvalue weighted by Crippen LogP contribution is 2.30. The topological polar surface area (TPSA) is 86.9 Å². The number of nitrogens with zero attached hydrogens (tertiary/aromatic N) is 3. The van der Waals surface area contributed by atoms with Gasteiger partial charge in [-0.25, -0.2) is 0 Å². The van der Waals surface area contributed by atoms with Crippen molar-refractivity contribution in [1.29, 1.82) is 0 Å². The third kappa shape index (κ3) is 3.76. The van der Waals surface area contributed by atoms with Crippen molar-refractivity contribution in [3.05, 3.63) is 33.9 Å². The summed E-state index contributed by atoms with van der Waals surface area (Å²) in [6.45, 7) is 4.54.